The molecule has 0 spiro atoms. The quantitative estimate of drug-likeness (QED) is 0.706. The van der Waals surface area contributed by atoms with Crippen LogP contribution in [0.5, 0.6) is 0 Å². The van der Waals surface area contributed by atoms with Gasteiger partial charge in [-0.25, -0.2) is 4.79 Å². The largest absolute Gasteiger partial charge is 0.465 e. The summed E-state index contributed by atoms with van der Waals surface area (Å²) in [6.45, 7) is 1.46. The summed E-state index contributed by atoms with van der Waals surface area (Å²) in [5.74, 6) is 0.397. The molecule has 4 rings (SSSR count). The molecule has 0 aromatic heterocycles. The Labute approximate surface area is 176 Å². The minimum absolute atomic E-state index is 0.00579. The third-order valence-electron chi connectivity index (χ3n) is 6.81. The van der Waals surface area contributed by atoms with E-state index in [4.69, 9.17) is 16.7 Å². The number of rotatable bonds is 7. The van der Waals surface area contributed by atoms with Crippen molar-refractivity contribution >= 4 is 23.6 Å². The Hall–Kier alpha value is -1.79. The minimum atomic E-state index is -0.942. The number of aliphatic hydroxyl groups is 1. The van der Waals surface area contributed by atoms with E-state index in [9.17, 15) is 14.7 Å². The molecule has 3 aliphatic rings. The highest BCUT2D eigenvalue weighted by atomic mass is 35.5. The molecule has 0 bridgehead atoms. The molecule has 1 aromatic rings. The van der Waals surface area contributed by atoms with Gasteiger partial charge >= 0.3 is 6.09 Å². The molecule has 1 aliphatic heterocycles. The first kappa shape index (κ1) is 20.5. The van der Waals surface area contributed by atoms with E-state index in [0.717, 1.165) is 31.2 Å². The van der Waals surface area contributed by atoms with Crippen molar-refractivity contribution in [1.82, 2.24) is 9.80 Å². The zero-order valence-corrected chi connectivity index (χ0v) is 17.4. The van der Waals surface area contributed by atoms with Crippen LogP contribution in [-0.4, -0.2) is 63.8 Å². The Morgan fingerprint density at radius 1 is 1.07 bits per heavy atom. The zero-order valence-electron chi connectivity index (χ0n) is 16.6. The highest BCUT2D eigenvalue weighted by Crippen LogP contribution is 2.54. The van der Waals surface area contributed by atoms with Crippen LogP contribution in [0.4, 0.5) is 4.79 Å². The number of amides is 2. The van der Waals surface area contributed by atoms with Crippen molar-refractivity contribution < 1.29 is 19.8 Å². The lowest BCUT2D eigenvalue weighted by Crippen LogP contribution is -2.51. The van der Waals surface area contributed by atoms with E-state index < -0.39 is 11.7 Å². The lowest BCUT2D eigenvalue weighted by molar-refractivity contribution is -0.135. The Bertz CT molecular complexity index is 758. The molecule has 2 aliphatic carbocycles. The molecule has 2 saturated carbocycles. The molecule has 2 N–H and O–H groups in total. The van der Waals surface area contributed by atoms with E-state index >= 15 is 0 Å². The molecule has 1 saturated heterocycles. The topological polar surface area (TPSA) is 81.1 Å². The first-order valence-corrected chi connectivity index (χ1v) is 11.0. The molecule has 1 heterocycles. The van der Waals surface area contributed by atoms with Crippen LogP contribution in [0, 0.1) is 11.8 Å². The number of carbonyl (C=O) groups excluding carboxylic acids is 1. The van der Waals surface area contributed by atoms with Crippen molar-refractivity contribution in [2.45, 2.75) is 50.0 Å². The van der Waals surface area contributed by atoms with Crippen molar-refractivity contribution in [3.8, 4) is 0 Å². The molecule has 1 unspecified atom stereocenters. The number of hydrogen-bond acceptors (Lipinski definition) is 3. The van der Waals surface area contributed by atoms with Crippen LogP contribution in [0.2, 0.25) is 5.02 Å². The normalized spacial score (nSPS) is 21.2. The van der Waals surface area contributed by atoms with Gasteiger partial charge in [0.1, 0.15) is 0 Å². The van der Waals surface area contributed by atoms with Gasteiger partial charge in [-0.05, 0) is 68.1 Å². The summed E-state index contributed by atoms with van der Waals surface area (Å²) in [6, 6.07) is 7.41. The van der Waals surface area contributed by atoms with Crippen LogP contribution in [-0.2, 0) is 4.79 Å². The lowest BCUT2D eigenvalue weighted by Gasteiger charge is -2.36. The number of carboxylic acid groups (broad SMARTS) is 1. The molecular weight excluding hydrogens is 392 g/mol. The number of nitrogens with zero attached hydrogens (tertiary/aromatic N) is 2. The van der Waals surface area contributed by atoms with E-state index in [2.05, 4.69) is 0 Å². The van der Waals surface area contributed by atoms with Gasteiger partial charge < -0.3 is 20.0 Å². The Morgan fingerprint density at radius 3 is 2.17 bits per heavy atom. The smallest absolute Gasteiger partial charge is 0.407 e. The molecule has 7 heteroatoms. The molecule has 1 atom stereocenters. The summed E-state index contributed by atoms with van der Waals surface area (Å²) in [6.07, 6.45) is 4.60. The van der Waals surface area contributed by atoms with Gasteiger partial charge in [-0.2, -0.15) is 0 Å². The van der Waals surface area contributed by atoms with Gasteiger partial charge in [0.25, 0.3) is 0 Å². The fourth-order valence-electron chi connectivity index (χ4n) is 4.78. The Kier molecular flexibility index (Phi) is 5.76. The zero-order chi connectivity index (χ0) is 20.6. The predicted octanol–water partition coefficient (Wildman–Crippen LogP) is 3.58. The van der Waals surface area contributed by atoms with Crippen LogP contribution >= 0.6 is 11.6 Å². The summed E-state index contributed by atoms with van der Waals surface area (Å²) in [7, 11) is 0. The Morgan fingerprint density at radius 2 is 1.66 bits per heavy atom. The molecule has 0 radical (unpaired) electrons. The maximum Gasteiger partial charge on any atom is 0.407 e. The van der Waals surface area contributed by atoms with Gasteiger partial charge in [0.05, 0.1) is 11.5 Å². The summed E-state index contributed by atoms with van der Waals surface area (Å²) < 4.78 is 0. The molecule has 2 amide bonds. The highest BCUT2D eigenvalue weighted by molar-refractivity contribution is 6.30. The Balaban J connectivity index is 1.49. The highest BCUT2D eigenvalue weighted by Gasteiger charge is 2.53. The van der Waals surface area contributed by atoms with E-state index in [0.29, 0.717) is 55.9 Å². The van der Waals surface area contributed by atoms with Gasteiger partial charge in [-0.15, -0.1) is 0 Å². The summed E-state index contributed by atoms with van der Waals surface area (Å²) in [5, 5.41) is 21.0. The van der Waals surface area contributed by atoms with E-state index in [1.165, 1.54) is 4.90 Å². The van der Waals surface area contributed by atoms with Crippen LogP contribution < -0.4 is 0 Å². The molecule has 6 nitrogen and oxygen atoms in total. The van der Waals surface area contributed by atoms with Gasteiger partial charge in [-0.1, -0.05) is 23.7 Å². The van der Waals surface area contributed by atoms with Crippen LogP contribution in [0.3, 0.4) is 0 Å². The first-order chi connectivity index (χ1) is 13.9. The minimum Gasteiger partial charge on any atom is -0.465 e. The van der Waals surface area contributed by atoms with Crippen molar-refractivity contribution in [1.29, 1.82) is 0 Å². The van der Waals surface area contributed by atoms with Gasteiger partial charge in [-0.3, -0.25) is 4.79 Å². The van der Waals surface area contributed by atoms with Crippen molar-refractivity contribution in [2.24, 2.45) is 11.8 Å². The van der Waals surface area contributed by atoms with Crippen LogP contribution in [0.1, 0.15) is 50.0 Å². The summed E-state index contributed by atoms with van der Waals surface area (Å²) in [4.78, 5) is 27.7. The number of piperazine rings is 1. The number of halogens is 1. The predicted molar refractivity (Wildman–Crippen MR) is 110 cm³/mol. The number of benzene rings is 1. The monoisotopic (exact) mass is 420 g/mol. The SMILES string of the molecule is O=C(O)N1CCN(C(=O)C(CCC(O)(C2CC2)C2CC2)c2cccc(Cl)c2)CC1. The maximum atomic E-state index is 13.4. The van der Waals surface area contributed by atoms with Crippen LogP contribution in [0.25, 0.3) is 0 Å². The second kappa shape index (κ2) is 8.15. The fraction of sp³-hybridized carbons (Fsp3) is 0.636. The second-order valence-corrected chi connectivity index (χ2v) is 9.22. The van der Waals surface area contributed by atoms with Crippen molar-refractivity contribution in [3.63, 3.8) is 0 Å². The summed E-state index contributed by atoms with van der Waals surface area (Å²) in [5.41, 5.74) is 0.233. The number of carbonyl (C=O) groups is 2. The standard InChI is InChI=1S/C22H29ClN2O4/c23-18-3-1-2-15(14-18)19(8-9-22(29,16-4-5-16)17-6-7-17)20(26)24-10-12-25(13-11-24)21(27)28/h1-3,14,16-17,19,29H,4-13H2,(H,27,28). The molecule has 158 valence electrons. The van der Waals surface area contributed by atoms with E-state index in [1.54, 1.807) is 11.0 Å². The lowest BCUT2D eigenvalue weighted by atomic mass is 9.82. The second-order valence-electron chi connectivity index (χ2n) is 8.78. The van der Waals surface area contributed by atoms with Crippen molar-refractivity contribution in [3.05, 3.63) is 34.9 Å². The third kappa shape index (κ3) is 4.53. The van der Waals surface area contributed by atoms with Gasteiger partial charge in [0, 0.05) is 31.2 Å². The van der Waals surface area contributed by atoms with Crippen molar-refractivity contribution in [2.75, 3.05) is 26.2 Å². The first-order valence-electron chi connectivity index (χ1n) is 10.6. The molecule has 1 aromatic carbocycles. The van der Waals surface area contributed by atoms with E-state index in [-0.39, 0.29) is 11.8 Å². The maximum absolute atomic E-state index is 13.4. The molecular formula is C22H29ClN2O4. The average Bonchev–Trinajstić information content (AvgIpc) is 3.59. The van der Waals surface area contributed by atoms with Crippen LogP contribution in [0.15, 0.2) is 24.3 Å². The average molecular weight is 421 g/mol. The van der Waals surface area contributed by atoms with Gasteiger partial charge in [0.2, 0.25) is 5.91 Å². The van der Waals surface area contributed by atoms with E-state index in [1.807, 2.05) is 18.2 Å². The fourth-order valence-corrected chi connectivity index (χ4v) is 4.98. The number of hydrogen-bond donors (Lipinski definition) is 2. The molecule has 3 fully saturated rings. The summed E-state index contributed by atoms with van der Waals surface area (Å²) >= 11 is 6.20. The third-order valence-corrected chi connectivity index (χ3v) is 7.05. The molecule has 29 heavy (non-hydrogen) atoms. The van der Waals surface area contributed by atoms with Gasteiger partial charge in [0.15, 0.2) is 0 Å².